The summed E-state index contributed by atoms with van der Waals surface area (Å²) in [5, 5.41) is 9.47. The van der Waals surface area contributed by atoms with E-state index in [-0.39, 0.29) is 17.1 Å². The van der Waals surface area contributed by atoms with Gasteiger partial charge in [-0.1, -0.05) is 13.8 Å². The molecule has 2 rings (SSSR count). The van der Waals surface area contributed by atoms with Gasteiger partial charge in [0.2, 0.25) is 0 Å². The Hall–Kier alpha value is -1.38. The number of benzene rings is 1. The monoisotopic (exact) mass is 194 g/mol. The Morgan fingerprint density at radius 1 is 1.43 bits per heavy atom. The van der Waals surface area contributed by atoms with Crippen molar-refractivity contribution in [3.63, 3.8) is 0 Å². The number of halogens is 1. The van der Waals surface area contributed by atoms with Crippen molar-refractivity contribution in [2.45, 2.75) is 20.3 Å². The van der Waals surface area contributed by atoms with E-state index in [2.05, 4.69) is 0 Å². The molecule has 74 valence electrons. The van der Waals surface area contributed by atoms with Crippen LogP contribution in [0.5, 0.6) is 5.75 Å². The van der Waals surface area contributed by atoms with E-state index in [0.29, 0.717) is 12.0 Å². The van der Waals surface area contributed by atoms with E-state index in [9.17, 15) is 14.3 Å². The Morgan fingerprint density at radius 3 is 2.64 bits per heavy atom. The maximum Gasteiger partial charge on any atom is 0.172 e. The molecule has 1 aromatic carbocycles. The van der Waals surface area contributed by atoms with Crippen LogP contribution in [-0.4, -0.2) is 10.9 Å². The topological polar surface area (TPSA) is 37.3 Å². The van der Waals surface area contributed by atoms with Crippen molar-refractivity contribution in [3.05, 3.63) is 29.1 Å². The smallest absolute Gasteiger partial charge is 0.172 e. The van der Waals surface area contributed by atoms with Gasteiger partial charge in [0.25, 0.3) is 0 Å². The minimum Gasteiger partial charge on any atom is -0.507 e. The molecule has 0 fully saturated rings. The Kier molecular flexibility index (Phi) is 1.68. The number of fused-ring (bicyclic) bond motifs is 1. The number of hydrogen-bond acceptors (Lipinski definition) is 2. The largest absolute Gasteiger partial charge is 0.507 e. The summed E-state index contributed by atoms with van der Waals surface area (Å²) in [6, 6.07) is 2.43. The predicted octanol–water partition coefficient (Wildman–Crippen LogP) is 2.30. The van der Waals surface area contributed by atoms with Crippen molar-refractivity contribution in [2.24, 2.45) is 5.41 Å². The molecule has 0 heterocycles. The lowest BCUT2D eigenvalue weighted by molar-refractivity contribution is 0.0861. The standard InChI is InChI=1S/C11H11FO2/c1-11(2)5-6-7(12)3-4-8(13)9(6)10(11)14/h3-4,13H,5H2,1-2H3. The van der Waals surface area contributed by atoms with Gasteiger partial charge in [-0.05, 0) is 18.6 Å². The zero-order valence-corrected chi connectivity index (χ0v) is 8.10. The summed E-state index contributed by atoms with van der Waals surface area (Å²) in [5.74, 6) is -0.696. The highest BCUT2D eigenvalue weighted by Gasteiger charge is 2.40. The molecule has 14 heavy (non-hydrogen) atoms. The summed E-state index contributed by atoms with van der Waals surface area (Å²) in [6.07, 6.45) is 0.363. The molecule has 1 N–H and O–H groups in total. The van der Waals surface area contributed by atoms with Crippen molar-refractivity contribution in [3.8, 4) is 5.75 Å². The third kappa shape index (κ3) is 1.05. The molecule has 0 spiro atoms. The lowest BCUT2D eigenvalue weighted by Crippen LogP contribution is -2.18. The zero-order valence-electron chi connectivity index (χ0n) is 8.10. The first-order valence-electron chi connectivity index (χ1n) is 4.48. The van der Waals surface area contributed by atoms with Crippen LogP contribution in [0.15, 0.2) is 12.1 Å². The fraction of sp³-hybridized carbons (Fsp3) is 0.364. The summed E-state index contributed by atoms with van der Waals surface area (Å²) in [6.45, 7) is 3.52. The van der Waals surface area contributed by atoms with Crippen LogP contribution in [0.2, 0.25) is 0 Å². The number of phenols is 1. The molecule has 0 saturated carbocycles. The molecule has 0 unspecified atom stereocenters. The van der Waals surface area contributed by atoms with E-state index in [1.54, 1.807) is 13.8 Å². The minimum atomic E-state index is -0.595. The molecular weight excluding hydrogens is 183 g/mol. The number of hydrogen-bond donors (Lipinski definition) is 1. The van der Waals surface area contributed by atoms with Gasteiger partial charge in [-0.3, -0.25) is 4.79 Å². The average molecular weight is 194 g/mol. The Bertz CT molecular complexity index is 422. The third-order valence-electron chi connectivity index (χ3n) is 2.69. The summed E-state index contributed by atoms with van der Waals surface area (Å²) in [4.78, 5) is 11.8. The number of ketones is 1. The maximum atomic E-state index is 13.3. The fourth-order valence-electron chi connectivity index (χ4n) is 1.90. The van der Waals surface area contributed by atoms with Gasteiger partial charge in [0.1, 0.15) is 11.6 Å². The second kappa shape index (κ2) is 2.56. The van der Waals surface area contributed by atoms with Gasteiger partial charge in [-0.15, -0.1) is 0 Å². The molecule has 0 amide bonds. The van der Waals surface area contributed by atoms with Crippen LogP contribution in [0.3, 0.4) is 0 Å². The van der Waals surface area contributed by atoms with Gasteiger partial charge in [-0.25, -0.2) is 4.39 Å². The number of rotatable bonds is 0. The normalized spacial score (nSPS) is 18.4. The summed E-state index contributed by atoms with van der Waals surface area (Å²) in [7, 11) is 0. The van der Waals surface area contributed by atoms with E-state index in [1.807, 2.05) is 0 Å². The second-order valence-electron chi connectivity index (χ2n) is 4.31. The predicted molar refractivity (Wildman–Crippen MR) is 49.9 cm³/mol. The SMILES string of the molecule is CC1(C)Cc2c(F)ccc(O)c2C1=O. The van der Waals surface area contributed by atoms with Crippen LogP contribution in [0, 0.1) is 11.2 Å². The molecule has 1 aromatic rings. The first-order valence-corrected chi connectivity index (χ1v) is 4.48. The quantitative estimate of drug-likeness (QED) is 0.688. The minimum absolute atomic E-state index is 0.114. The van der Waals surface area contributed by atoms with Gasteiger partial charge in [0.15, 0.2) is 5.78 Å². The van der Waals surface area contributed by atoms with Gasteiger partial charge >= 0.3 is 0 Å². The molecule has 1 aliphatic rings. The lowest BCUT2D eigenvalue weighted by Gasteiger charge is -2.13. The van der Waals surface area contributed by atoms with E-state index < -0.39 is 11.2 Å². The molecule has 1 aliphatic carbocycles. The maximum absolute atomic E-state index is 13.3. The van der Waals surface area contributed by atoms with Gasteiger partial charge in [-0.2, -0.15) is 0 Å². The molecule has 0 aliphatic heterocycles. The molecule has 2 nitrogen and oxygen atoms in total. The molecule has 0 radical (unpaired) electrons. The fourth-order valence-corrected chi connectivity index (χ4v) is 1.90. The van der Waals surface area contributed by atoms with E-state index in [4.69, 9.17) is 0 Å². The van der Waals surface area contributed by atoms with Crippen LogP contribution in [0.4, 0.5) is 4.39 Å². The number of phenolic OH excluding ortho intramolecular Hbond substituents is 1. The number of carbonyl (C=O) groups is 1. The number of aromatic hydroxyl groups is 1. The van der Waals surface area contributed by atoms with Gasteiger partial charge in [0, 0.05) is 11.0 Å². The highest BCUT2D eigenvalue weighted by molar-refractivity contribution is 6.06. The van der Waals surface area contributed by atoms with Gasteiger partial charge in [0.05, 0.1) is 5.56 Å². The lowest BCUT2D eigenvalue weighted by atomic mass is 9.89. The van der Waals surface area contributed by atoms with Crippen molar-refractivity contribution in [2.75, 3.05) is 0 Å². The second-order valence-corrected chi connectivity index (χ2v) is 4.31. The zero-order chi connectivity index (χ0) is 10.5. The summed E-state index contributed by atoms with van der Waals surface area (Å²) >= 11 is 0. The van der Waals surface area contributed by atoms with E-state index in [1.165, 1.54) is 12.1 Å². The number of carbonyl (C=O) groups excluding carboxylic acids is 1. The van der Waals surface area contributed by atoms with Crippen LogP contribution in [0.25, 0.3) is 0 Å². The van der Waals surface area contributed by atoms with Crippen LogP contribution in [0.1, 0.15) is 29.8 Å². The molecular formula is C11H11FO2. The highest BCUT2D eigenvalue weighted by atomic mass is 19.1. The van der Waals surface area contributed by atoms with Crippen molar-refractivity contribution in [1.29, 1.82) is 0 Å². The first-order chi connectivity index (χ1) is 6.43. The average Bonchev–Trinajstić information content (AvgIpc) is 2.33. The van der Waals surface area contributed by atoms with Gasteiger partial charge < -0.3 is 5.11 Å². The highest BCUT2D eigenvalue weighted by Crippen LogP contribution is 2.41. The van der Waals surface area contributed by atoms with Crippen molar-refractivity contribution in [1.82, 2.24) is 0 Å². The van der Waals surface area contributed by atoms with Crippen LogP contribution >= 0.6 is 0 Å². The Labute approximate surface area is 81.4 Å². The molecule has 3 heteroatoms. The van der Waals surface area contributed by atoms with E-state index in [0.717, 1.165) is 0 Å². The molecule has 0 aromatic heterocycles. The van der Waals surface area contributed by atoms with Crippen LogP contribution < -0.4 is 0 Å². The van der Waals surface area contributed by atoms with Crippen LogP contribution in [-0.2, 0) is 6.42 Å². The van der Waals surface area contributed by atoms with Crippen molar-refractivity contribution < 1.29 is 14.3 Å². The third-order valence-corrected chi connectivity index (χ3v) is 2.69. The number of Topliss-reactive ketones (excluding diaryl/α,β-unsaturated/α-hetero) is 1. The molecule has 0 saturated heterocycles. The first kappa shape index (κ1) is 9.19. The Morgan fingerprint density at radius 2 is 2.07 bits per heavy atom. The molecule has 0 bridgehead atoms. The molecule has 0 atom stereocenters. The Balaban J connectivity index is 2.70. The summed E-state index contributed by atoms with van der Waals surface area (Å²) < 4.78 is 13.3. The van der Waals surface area contributed by atoms with Crippen molar-refractivity contribution >= 4 is 5.78 Å². The van der Waals surface area contributed by atoms with E-state index >= 15 is 0 Å². The summed E-state index contributed by atoms with van der Waals surface area (Å²) in [5.41, 5.74) is -0.0860.